The number of ether oxygens (including phenoxy) is 1. The molecule has 0 atom stereocenters. The van der Waals surface area contributed by atoms with Gasteiger partial charge in [0.25, 0.3) is 5.91 Å². The first-order valence-electron chi connectivity index (χ1n) is 6.68. The number of amides is 1. The number of aromatic nitrogens is 2. The van der Waals surface area contributed by atoms with Gasteiger partial charge in [-0.2, -0.15) is 0 Å². The average Bonchev–Trinajstić information content (AvgIpc) is 3.04. The molecule has 116 valence electrons. The van der Waals surface area contributed by atoms with Crippen LogP contribution in [-0.2, 0) is 0 Å². The fourth-order valence-electron chi connectivity index (χ4n) is 1.89. The molecule has 3 aromatic rings. The number of hydrogen-bond donors (Lipinski definition) is 1. The number of benzene rings is 1. The molecule has 7 heteroatoms. The van der Waals surface area contributed by atoms with Crippen LogP contribution in [0, 0.1) is 5.82 Å². The van der Waals surface area contributed by atoms with Crippen LogP contribution in [0.1, 0.15) is 10.4 Å². The number of hydrogen-bond acceptors (Lipinski definition) is 5. The minimum Gasteiger partial charge on any atom is -0.481 e. The summed E-state index contributed by atoms with van der Waals surface area (Å²) in [4.78, 5) is 20.4. The molecule has 0 radical (unpaired) electrons. The summed E-state index contributed by atoms with van der Waals surface area (Å²) in [5.74, 6) is -0.168. The highest BCUT2D eigenvalue weighted by molar-refractivity contribution is 7.14. The lowest BCUT2D eigenvalue weighted by molar-refractivity contribution is 0.102. The van der Waals surface area contributed by atoms with Crippen molar-refractivity contribution in [3.05, 3.63) is 59.4 Å². The molecule has 0 saturated heterocycles. The zero-order chi connectivity index (χ0) is 16.2. The zero-order valence-corrected chi connectivity index (χ0v) is 12.9. The number of halogens is 1. The Labute approximate surface area is 135 Å². The quantitative estimate of drug-likeness (QED) is 0.794. The third-order valence-corrected chi connectivity index (χ3v) is 3.83. The number of nitrogens with zero attached hydrogens (tertiary/aromatic N) is 2. The Kier molecular flexibility index (Phi) is 4.29. The fraction of sp³-hybridized carbons (Fsp3) is 0.0625. The second-order valence-corrected chi connectivity index (χ2v) is 5.45. The van der Waals surface area contributed by atoms with E-state index in [1.165, 1.54) is 36.8 Å². The molecule has 2 aromatic heterocycles. The van der Waals surface area contributed by atoms with Crippen LogP contribution < -0.4 is 10.1 Å². The van der Waals surface area contributed by atoms with E-state index in [1.807, 2.05) is 0 Å². The summed E-state index contributed by atoms with van der Waals surface area (Å²) in [7, 11) is 1.51. The monoisotopic (exact) mass is 329 g/mol. The van der Waals surface area contributed by atoms with Crippen molar-refractivity contribution in [2.24, 2.45) is 0 Å². The van der Waals surface area contributed by atoms with Crippen molar-refractivity contribution in [1.29, 1.82) is 0 Å². The van der Waals surface area contributed by atoms with Crippen LogP contribution in [0.2, 0.25) is 0 Å². The van der Waals surface area contributed by atoms with Crippen LogP contribution in [0.4, 0.5) is 9.52 Å². The third kappa shape index (κ3) is 3.51. The van der Waals surface area contributed by atoms with Crippen molar-refractivity contribution in [3.63, 3.8) is 0 Å². The van der Waals surface area contributed by atoms with E-state index in [0.29, 0.717) is 22.3 Å². The highest BCUT2D eigenvalue weighted by Gasteiger charge is 2.10. The zero-order valence-electron chi connectivity index (χ0n) is 12.1. The Morgan fingerprint density at radius 2 is 2.00 bits per heavy atom. The first kappa shape index (κ1) is 15.1. The Morgan fingerprint density at radius 3 is 2.65 bits per heavy atom. The smallest absolute Gasteiger partial charge is 0.259 e. The fourth-order valence-corrected chi connectivity index (χ4v) is 2.60. The topological polar surface area (TPSA) is 64.1 Å². The molecule has 0 aliphatic heterocycles. The van der Waals surface area contributed by atoms with E-state index in [0.717, 1.165) is 5.56 Å². The first-order chi connectivity index (χ1) is 11.2. The van der Waals surface area contributed by atoms with Crippen LogP contribution in [0.5, 0.6) is 5.88 Å². The molecule has 0 unspecified atom stereocenters. The first-order valence-corrected chi connectivity index (χ1v) is 7.56. The molecule has 23 heavy (non-hydrogen) atoms. The van der Waals surface area contributed by atoms with E-state index >= 15 is 0 Å². The van der Waals surface area contributed by atoms with Crippen LogP contribution in [0.15, 0.2) is 48.0 Å². The molecule has 1 aromatic carbocycles. The van der Waals surface area contributed by atoms with Crippen LogP contribution in [0.25, 0.3) is 11.3 Å². The summed E-state index contributed by atoms with van der Waals surface area (Å²) in [5, 5.41) is 4.97. The van der Waals surface area contributed by atoms with Gasteiger partial charge in [-0.25, -0.2) is 14.4 Å². The van der Waals surface area contributed by atoms with Crippen molar-refractivity contribution in [2.75, 3.05) is 12.4 Å². The maximum atomic E-state index is 12.9. The predicted octanol–water partition coefficient (Wildman–Crippen LogP) is 3.61. The van der Waals surface area contributed by atoms with Gasteiger partial charge in [-0.1, -0.05) is 0 Å². The number of methoxy groups -OCH3 is 1. The third-order valence-electron chi connectivity index (χ3n) is 3.07. The molecule has 1 amide bonds. The Morgan fingerprint density at radius 1 is 1.22 bits per heavy atom. The number of thiazole rings is 1. The van der Waals surface area contributed by atoms with E-state index in [4.69, 9.17) is 4.74 Å². The average molecular weight is 329 g/mol. The Hall–Kier alpha value is -2.80. The molecular weight excluding hydrogens is 317 g/mol. The molecule has 0 fully saturated rings. The summed E-state index contributed by atoms with van der Waals surface area (Å²) in [6.45, 7) is 0. The van der Waals surface area contributed by atoms with E-state index in [1.54, 1.807) is 29.6 Å². The molecule has 0 aliphatic carbocycles. The lowest BCUT2D eigenvalue weighted by Gasteiger charge is -2.02. The summed E-state index contributed by atoms with van der Waals surface area (Å²) in [6, 6.07) is 9.26. The van der Waals surface area contributed by atoms with Crippen molar-refractivity contribution in [2.45, 2.75) is 0 Å². The number of nitrogens with one attached hydrogen (secondary N) is 1. The largest absolute Gasteiger partial charge is 0.481 e. The highest BCUT2D eigenvalue weighted by Crippen LogP contribution is 2.25. The van der Waals surface area contributed by atoms with Gasteiger partial charge in [0.2, 0.25) is 5.88 Å². The Bertz CT molecular complexity index is 816. The normalized spacial score (nSPS) is 10.3. The van der Waals surface area contributed by atoms with E-state index in [9.17, 15) is 9.18 Å². The molecule has 0 spiro atoms. The number of carbonyl (C=O) groups excluding carboxylic acids is 1. The van der Waals surface area contributed by atoms with Gasteiger partial charge in [-0.3, -0.25) is 10.1 Å². The molecule has 3 rings (SSSR count). The molecule has 5 nitrogen and oxygen atoms in total. The molecule has 2 heterocycles. The van der Waals surface area contributed by atoms with Crippen molar-refractivity contribution >= 4 is 22.4 Å². The number of anilines is 1. The van der Waals surface area contributed by atoms with Gasteiger partial charge < -0.3 is 4.74 Å². The molecular formula is C16H12FN3O2S. The SMILES string of the molecule is COc1ccc(C(=O)Nc2nc(-c3ccc(F)cc3)cs2)cn1. The standard InChI is InChI=1S/C16H12FN3O2S/c1-22-14-7-4-11(8-18-14)15(21)20-16-19-13(9-23-16)10-2-5-12(17)6-3-10/h2-9H,1H3,(H,19,20,21). The molecule has 0 bridgehead atoms. The number of pyridine rings is 1. The van der Waals surface area contributed by atoms with Gasteiger partial charge in [0, 0.05) is 23.2 Å². The minimum absolute atomic E-state index is 0.301. The number of rotatable bonds is 4. The number of carbonyl (C=O) groups is 1. The van der Waals surface area contributed by atoms with Gasteiger partial charge >= 0.3 is 0 Å². The maximum absolute atomic E-state index is 12.9. The summed E-state index contributed by atoms with van der Waals surface area (Å²) < 4.78 is 17.9. The van der Waals surface area contributed by atoms with Gasteiger partial charge in [-0.05, 0) is 30.3 Å². The maximum Gasteiger partial charge on any atom is 0.259 e. The van der Waals surface area contributed by atoms with Crippen molar-refractivity contribution < 1.29 is 13.9 Å². The van der Waals surface area contributed by atoms with E-state index < -0.39 is 0 Å². The van der Waals surface area contributed by atoms with E-state index in [-0.39, 0.29) is 11.7 Å². The van der Waals surface area contributed by atoms with Gasteiger partial charge in [-0.15, -0.1) is 11.3 Å². The van der Waals surface area contributed by atoms with Gasteiger partial charge in [0.15, 0.2) is 5.13 Å². The second kappa shape index (κ2) is 6.53. The van der Waals surface area contributed by atoms with Crippen LogP contribution >= 0.6 is 11.3 Å². The highest BCUT2D eigenvalue weighted by atomic mass is 32.1. The van der Waals surface area contributed by atoms with E-state index in [2.05, 4.69) is 15.3 Å². The molecule has 1 N–H and O–H groups in total. The van der Waals surface area contributed by atoms with Gasteiger partial charge in [0.1, 0.15) is 5.82 Å². The summed E-state index contributed by atoms with van der Waals surface area (Å²) >= 11 is 1.30. The summed E-state index contributed by atoms with van der Waals surface area (Å²) in [5.41, 5.74) is 1.87. The van der Waals surface area contributed by atoms with Gasteiger partial charge in [0.05, 0.1) is 18.4 Å². The minimum atomic E-state index is -0.305. The second-order valence-electron chi connectivity index (χ2n) is 4.59. The lowest BCUT2D eigenvalue weighted by Crippen LogP contribution is -2.12. The Balaban J connectivity index is 1.73. The molecule has 0 saturated carbocycles. The van der Waals surface area contributed by atoms with Crippen molar-refractivity contribution in [1.82, 2.24) is 9.97 Å². The summed E-state index contributed by atoms with van der Waals surface area (Å²) in [6.07, 6.45) is 1.43. The van der Waals surface area contributed by atoms with Crippen LogP contribution in [-0.4, -0.2) is 23.0 Å². The predicted molar refractivity (Wildman–Crippen MR) is 86.3 cm³/mol. The van der Waals surface area contributed by atoms with Crippen LogP contribution in [0.3, 0.4) is 0 Å². The van der Waals surface area contributed by atoms with Crippen molar-refractivity contribution in [3.8, 4) is 17.1 Å². The molecule has 0 aliphatic rings. The lowest BCUT2D eigenvalue weighted by atomic mass is 10.2.